The minimum absolute atomic E-state index is 0.349. The Balaban J connectivity index is 4.27. The van der Waals surface area contributed by atoms with Gasteiger partial charge in [0.15, 0.2) is 0 Å². The van der Waals surface area contributed by atoms with Crippen LogP contribution in [0.4, 0.5) is 0 Å². The Morgan fingerprint density at radius 3 is 2.07 bits per heavy atom. The fraction of sp³-hybridized carbons (Fsp3) is 1.00. The van der Waals surface area contributed by atoms with Gasteiger partial charge in [0.1, 0.15) is 0 Å². The molecule has 14 heavy (non-hydrogen) atoms. The lowest BCUT2D eigenvalue weighted by Crippen LogP contribution is -2.48. The van der Waals surface area contributed by atoms with Gasteiger partial charge in [0.05, 0.1) is 6.61 Å². The third-order valence-electron chi connectivity index (χ3n) is 2.34. The van der Waals surface area contributed by atoms with Gasteiger partial charge in [0.2, 0.25) is 0 Å². The highest BCUT2D eigenvalue weighted by atomic mass is 16.5. The fourth-order valence-electron chi connectivity index (χ4n) is 1.69. The van der Waals surface area contributed by atoms with Crippen molar-refractivity contribution in [1.29, 1.82) is 0 Å². The first-order valence-electron chi connectivity index (χ1n) is 5.47. The smallest absolute Gasteiger partial charge is 0.0630 e. The lowest BCUT2D eigenvalue weighted by atomic mass is 10.1. The predicted molar refractivity (Wildman–Crippen MR) is 61.4 cm³/mol. The zero-order valence-corrected chi connectivity index (χ0v) is 10.3. The van der Waals surface area contributed by atoms with Crippen LogP contribution < -0.4 is 5.73 Å². The summed E-state index contributed by atoms with van der Waals surface area (Å²) in [6.45, 7) is 11.4. The van der Waals surface area contributed by atoms with Crippen molar-refractivity contribution in [2.24, 2.45) is 11.7 Å². The number of hydrogen-bond donors (Lipinski definition) is 1. The van der Waals surface area contributed by atoms with E-state index in [0.29, 0.717) is 24.5 Å². The van der Waals surface area contributed by atoms with E-state index in [1.807, 2.05) is 0 Å². The van der Waals surface area contributed by atoms with Crippen LogP contribution in [-0.2, 0) is 4.74 Å². The molecule has 0 rings (SSSR count). The van der Waals surface area contributed by atoms with E-state index in [4.69, 9.17) is 10.5 Å². The highest BCUT2D eigenvalue weighted by Gasteiger charge is 2.20. The van der Waals surface area contributed by atoms with Gasteiger partial charge in [-0.25, -0.2) is 0 Å². The van der Waals surface area contributed by atoms with E-state index in [2.05, 4.69) is 32.6 Å². The molecule has 2 N–H and O–H groups in total. The Morgan fingerprint density at radius 1 is 1.21 bits per heavy atom. The summed E-state index contributed by atoms with van der Waals surface area (Å²) >= 11 is 0. The number of hydrogen-bond acceptors (Lipinski definition) is 3. The van der Waals surface area contributed by atoms with E-state index < -0.39 is 0 Å². The standard InChI is InChI=1S/C11H26N2O/c1-9(2)7-13(10(3)4)11(6-12)8-14-5/h9-11H,6-8,12H2,1-5H3. The molecule has 1 unspecified atom stereocenters. The predicted octanol–water partition coefficient (Wildman–Crippen LogP) is 1.33. The van der Waals surface area contributed by atoms with Crippen LogP contribution in [0.25, 0.3) is 0 Å². The van der Waals surface area contributed by atoms with Crippen molar-refractivity contribution >= 4 is 0 Å². The van der Waals surface area contributed by atoms with Gasteiger partial charge in [0.25, 0.3) is 0 Å². The molecule has 3 heteroatoms. The van der Waals surface area contributed by atoms with Crippen LogP contribution in [0.1, 0.15) is 27.7 Å². The molecule has 0 aromatic heterocycles. The van der Waals surface area contributed by atoms with Gasteiger partial charge >= 0.3 is 0 Å². The summed E-state index contributed by atoms with van der Waals surface area (Å²) in [5.41, 5.74) is 5.75. The molecule has 0 heterocycles. The minimum atomic E-state index is 0.349. The van der Waals surface area contributed by atoms with Crippen molar-refractivity contribution in [3.05, 3.63) is 0 Å². The quantitative estimate of drug-likeness (QED) is 0.677. The number of methoxy groups -OCH3 is 1. The summed E-state index contributed by atoms with van der Waals surface area (Å²) in [7, 11) is 1.73. The van der Waals surface area contributed by atoms with Gasteiger partial charge < -0.3 is 10.5 Å². The number of rotatable bonds is 7. The number of nitrogens with zero attached hydrogens (tertiary/aromatic N) is 1. The maximum absolute atomic E-state index is 5.75. The third kappa shape index (κ3) is 4.94. The van der Waals surface area contributed by atoms with Crippen LogP contribution in [0.3, 0.4) is 0 Å². The molecule has 0 fully saturated rings. The SMILES string of the molecule is COCC(CN)N(CC(C)C)C(C)C. The molecule has 0 aromatic carbocycles. The van der Waals surface area contributed by atoms with Gasteiger partial charge in [-0.3, -0.25) is 4.90 Å². The van der Waals surface area contributed by atoms with Crippen molar-refractivity contribution in [3.8, 4) is 0 Å². The molecule has 0 aliphatic rings. The molecule has 86 valence electrons. The van der Waals surface area contributed by atoms with Gasteiger partial charge in [0, 0.05) is 32.3 Å². The molecule has 0 bridgehead atoms. The molecular formula is C11H26N2O. The Kier molecular flexibility index (Phi) is 7.15. The van der Waals surface area contributed by atoms with Crippen LogP contribution in [0.5, 0.6) is 0 Å². The summed E-state index contributed by atoms with van der Waals surface area (Å²) in [5, 5.41) is 0. The van der Waals surface area contributed by atoms with Crippen LogP contribution in [0, 0.1) is 5.92 Å². The second-order valence-electron chi connectivity index (χ2n) is 4.53. The van der Waals surface area contributed by atoms with Gasteiger partial charge in [-0.2, -0.15) is 0 Å². The molecule has 3 nitrogen and oxygen atoms in total. The zero-order chi connectivity index (χ0) is 11.1. The van der Waals surface area contributed by atoms with E-state index in [-0.39, 0.29) is 0 Å². The first-order chi connectivity index (χ1) is 6.52. The average molecular weight is 202 g/mol. The first kappa shape index (κ1) is 13.9. The molecule has 0 aliphatic carbocycles. The molecule has 0 radical (unpaired) electrons. The number of nitrogens with two attached hydrogens (primary N) is 1. The molecule has 0 aliphatic heterocycles. The summed E-state index contributed by atoms with van der Waals surface area (Å²) in [5.74, 6) is 0.670. The average Bonchev–Trinajstić information content (AvgIpc) is 2.10. The van der Waals surface area contributed by atoms with Crippen LogP contribution in [0.15, 0.2) is 0 Å². The van der Waals surface area contributed by atoms with Crippen LogP contribution >= 0.6 is 0 Å². The Hall–Kier alpha value is -0.120. The third-order valence-corrected chi connectivity index (χ3v) is 2.34. The van der Waals surface area contributed by atoms with E-state index >= 15 is 0 Å². The van der Waals surface area contributed by atoms with Crippen molar-refractivity contribution < 1.29 is 4.74 Å². The van der Waals surface area contributed by atoms with Crippen molar-refractivity contribution in [1.82, 2.24) is 4.90 Å². The molecule has 0 aromatic rings. The normalized spacial score (nSPS) is 14.4. The molecule has 1 atom stereocenters. The molecule has 0 spiro atoms. The summed E-state index contributed by atoms with van der Waals surface area (Å²) in [6, 6.07) is 0.878. The maximum Gasteiger partial charge on any atom is 0.0630 e. The Labute approximate surface area is 88.6 Å². The van der Waals surface area contributed by atoms with Crippen LogP contribution in [0.2, 0.25) is 0 Å². The van der Waals surface area contributed by atoms with Crippen LogP contribution in [-0.4, -0.2) is 43.8 Å². The molecule has 0 saturated carbocycles. The Morgan fingerprint density at radius 2 is 1.79 bits per heavy atom. The lowest BCUT2D eigenvalue weighted by molar-refractivity contribution is 0.0657. The van der Waals surface area contributed by atoms with Gasteiger partial charge in [-0.1, -0.05) is 13.8 Å². The van der Waals surface area contributed by atoms with Crippen molar-refractivity contribution in [3.63, 3.8) is 0 Å². The Bertz CT molecular complexity index is 137. The largest absolute Gasteiger partial charge is 0.383 e. The monoisotopic (exact) mass is 202 g/mol. The second kappa shape index (κ2) is 7.21. The number of ether oxygens (including phenoxy) is 1. The minimum Gasteiger partial charge on any atom is -0.383 e. The van der Waals surface area contributed by atoms with Gasteiger partial charge in [-0.15, -0.1) is 0 Å². The highest BCUT2D eigenvalue weighted by Crippen LogP contribution is 2.09. The van der Waals surface area contributed by atoms with E-state index in [1.54, 1.807) is 7.11 Å². The molecule has 0 amide bonds. The van der Waals surface area contributed by atoms with E-state index in [9.17, 15) is 0 Å². The van der Waals surface area contributed by atoms with Gasteiger partial charge in [-0.05, 0) is 19.8 Å². The zero-order valence-electron chi connectivity index (χ0n) is 10.3. The topological polar surface area (TPSA) is 38.5 Å². The second-order valence-corrected chi connectivity index (χ2v) is 4.53. The summed E-state index contributed by atoms with van der Waals surface area (Å²) < 4.78 is 5.19. The van der Waals surface area contributed by atoms with E-state index in [1.165, 1.54) is 0 Å². The lowest BCUT2D eigenvalue weighted by Gasteiger charge is -2.35. The summed E-state index contributed by atoms with van der Waals surface area (Å²) in [4.78, 5) is 2.42. The first-order valence-corrected chi connectivity index (χ1v) is 5.47. The molecule has 0 saturated heterocycles. The molecular weight excluding hydrogens is 176 g/mol. The van der Waals surface area contributed by atoms with Crippen molar-refractivity contribution in [2.45, 2.75) is 39.8 Å². The summed E-state index contributed by atoms with van der Waals surface area (Å²) in [6.07, 6.45) is 0. The van der Waals surface area contributed by atoms with E-state index in [0.717, 1.165) is 13.2 Å². The maximum atomic E-state index is 5.75. The fourth-order valence-corrected chi connectivity index (χ4v) is 1.69. The van der Waals surface area contributed by atoms with Crippen molar-refractivity contribution in [2.75, 3.05) is 26.8 Å². The highest BCUT2D eigenvalue weighted by molar-refractivity contribution is 4.76.